The molecule has 37 heavy (non-hydrogen) atoms. The van der Waals surface area contributed by atoms with Crippen LogP contribution in [-0.4, -0.2) is 56.7 Å². The zero-order chi connectivity index (χ0) is 26.7. The lowest BCUT2D eigenvalue weighted by molar-refractivity contribution is -0.192. The molecule has 1 fully saturated rings. The Morgan fingerprint density at radius 2 is 1.84 bits per heavy atom. The maximum Gasteiger partial charge on any atom is 0.490 e. The van der Waals surface area contributed by atoms with E-state index in [2.05, 4.69) is 26.0 Å². The monoisotopic (exact) mass is 538 g/mol. The second-order valence-electron chi connectivity index (χ2n) is 8.79. The summed E-state index contributed by atoms with van der Waals surface area (Å²) in [6, 6.07) is 10.1. The minimum Gasteiger partial charge on any atom is -0.475 e. The molecule has 0 atom stereocenters. The van der Waals surface area contributed by atoms with Crippen LogP contribution in [0.4, 0.5) is 17.6 Å². The van der Waals surface area contributed by atoms with Gasteiger partial charge in [0.15, 0.2) is 0 Å². The van der Waals surface area contributed by atoms with Crippen LogP contribution in [0.3, 0.4) is 0 Å². The van der Waals surface area contributed by atoms with Crippen molar-refractivity contribution in [2.75, 3.05) is 19.6 Å². The van der Waals surface area contributed by atoms with Crippen LogP contribution in [0.15, 0.2) is 47.4 Å². The van der Waals surface area contributed by atoms with Gasteiger partial charge >= 0.3 is 12.1 Å². The van der Waals surface area contributed by atoms with Gasteiger partial charge in [-0.1, -0.05) is 11.6 Å². The summed E-state index contributed by atoms with van der Waals surface area (Å²) >= 11 is 6.15. The molecule has 1 saturated heterocycles. The number of likely N-dealkylation sites (tertiary alicyclic amines) is 1. The molecule has 196 valence electrons. The van der Waals surface area contributed by atoms with E-state index in [9.17, 15) is 22.4 Å². The highest BCUT2D eigenvalue weighted by Crippen LogP contribution is 2.27. The predicted octanol–water partition coefficient (Wildman–Crippen LogP) is 5.25. The van der Waals surface area contributed by atoms with E-state index in [4.69, 9.17) is 21.5 Å². The maximum absolute atomic E-state index is 13.4. The molecule has 2 aromatic carbocycles. The molecule has 2 aromatic heterocycles. The van der Waals surface area contributed by atoms with Crippen molar-refractivity contribution in [3.05, 3.63) is 75.2 Å². The minimum absolute atomic E-state index is 0.218. The number of H-pyrrole nitrogens is 2. The molecule has 5 rings (SSSR count). The summed E-state index contributed by atoms with van der Waals surface area (Å²) < 4.78 is 45.1. The molecule has 3 heterocycles. The Hall–Kier alpha value is -3.44. The van der Waals surface area contributed by atoms with Crippen LogP contribution in [0.5, 0.6) is 0 Å². The van der Waals surface area contributed by atoms with Crippen LogP contribution >= 0.6 is 11.6 Å². The Morgan fingerprint density at radius 3 is 2.51 bits per heavy atom. The van der Waals surface area contributed by atoms with E-state index >= 15 is 0 Å². The lowest BCUT2D eigenvalue weighted by Crippen LogP contribution is -2.35. The number of benzene rings is 2. The molecule has 3 N–H and O–H groups in total. The molecule has 0 radical (unpaired) electrons. The molecule has 1 aliphatic rings. The first-order valence-corrected chi connectivity index (χ1v) is 11.9. The Morgan fingerprint density at radius 1 is 1.14 bits per heavy atom. The zero-order valence-corrected chi connectivity index (χ0v) is 20.2. The van der Waals surface area contributed by atoms with Crippen molar-refractivity contribution >= 4 is 39.4 Å². The number of fused-ring (bicyclic) bond motifs is 2. The fraction of sp³-hybridized carbons (Fsp3) is 0.320. The molecule has 0 amide bonds. The second kappa shape index (κ2) is 10.9. The van der Waals surface area contributed by atoms with Crippen molar-refractivity contribution in [3.8, 4) is 0 Å². The predicted molar refractivity (Wildman–Crippen MR) is 131 cm³/mol. The SMILES string of the molecule is O=C(O)C(F)(F)F.O=c1[nH]c(C2CCN(CCc3c[nH]c4ccc(Cl)cc34)CC2)nc2ccc(F)cc12. The number of hydrogen-bond donors (Lipinski definition) is 3. The Balaban J connectivity index is 0.000000405. The van der Waals surface area contributed by atoms with Crippen LogP contribution in [0.1, 0.15) is 30.1 Å². The molecule has 1 aliphatic heterocycles. The first-order chi connectivity index (χ1) is 17.5. The average molecular weight is 539 g/mol. The molecule has 4 aromatic rings. The van der Waals surface area contributed by atoms with E-state index in [1.54, 1.807) is 6.07 Å². The van der Waals surface area contributed by atoms with Gasteiger partial charge < -0.3 is 20.0 Å². The summed E-state index contributed by atoms with van der Waals surface area (Å²) in [4.78, 5) is 34.5. The van der Waals surface area contributed by atoms with Gasteiger partial charge in [0.2, 0.25) is 0 Å². The van der Waals surface area contributed by atoms with Crippen molar-refractivity contribution in [1.82, 2.24) is 19.9 Å². The summed E-state index contributed by atoms with van der Waals surface area (Å²) in [7, 11) is 0. The molecule has 0 saturated carbocycles. The van der Waals surface area contributed by atoms with Gasteiger partial charge in [0, 0.05) is 34.6 Å². The number of aliphatic carboxylic acids is 1. The standard InChI is InChI=1S/C23H22ClFN4O.C2HF3O2/c24-16-1-3-20-18(11-16)15(13-26-20)7-10-29-8-5-14(6-9-29)22-27-21-4-2-17(25)12-19(21)23(30)28-22;3-2(4,5)1(6)7/h1-4,11-14,26H,5-10H2,(H,27,28,30);(H,6,7). The van der Waals surface area contributed by atoms with Gasteiger partial charge in [0.1, 0.15) is 11.6 Å². The maximum atomic E-state index is 13.4. The number of halogens is 5. The number of nitrogens with zero attached hydrogens (tertiary/aromatic N) is 2. The highest BCUT2D eigenvalue weighted by atomic mass is 35.5. The van der Waals surface area contributed by atoms with Crippen molar-refractivity contribution in [1.29, 1.82) is 0 Å². The number of rotatable bonds is 4. The molecule has 0 bridgehead atoms. The topological polar surface area (TPSA) is 102 Å². The minimum atomic E-state index is -5.08. The van der Waals surface area contributed by atoms with E-state index in [0.29, 0.717) is 16.7 Å². The third-order valence-corrected chi connectivity index (χ3v) is 6.56. The first-order valence-electron chi connectivity index (χ1n) is 11.5. The number of aromatic nitrogens is 3. The Kier molecular flexibility index (Phi) is 7.84. The van der Waals surface area contributed by atoms with Gasteiger partial charge in [-0.2, -0.15) is 13.2 Å². The smallest absolute Gasteiger partial charge is 0.475 e. The quantitative estimate of drug-likeness (QED) is 0.308. The largest absolute Gasteiger partial charge is 0.490 e. The fourth-order valence-corrected chi connectivity index (χ4v) is 4.56. The number of alkyl halides is 3. The normalized spacial score (nSPS) is 15.1. The second-order valence-corrected chi connectivity index (χ2v) is 9.22. The molecule has 12 heteroatoms. The van der Waals surface area contributed by atoms with Crippen LogP contribution in [-0.2, 0) is 11.2 Å². The lowest BCUT2D eigenvalue weighted by Gasteiger charge is -2.31. The summed E-state index contributed by atoms with van der Waals surface area (Å²) in [5, 5.41) is 9.37. The molecular weight excluding hydrogens is 516 g/mol. The third-order valence-electron chi connectivity index (χ3n) is 6.33. The van der Waals surface area contributed by atoms with Gasteiger partial charge in [-0.15, -0.1) is 0 Å². The number of hydrogen-bond acceptors (Lipinski definition) is 4. The Bertz CT molecular complexity index is 1480. The molecule has 0 spiro atoms. The summed E-state index contributed by atoms with van der Waals surface area (Å²) in [5.74, 6) is -2.25. The number of aromatic amines is 2. The highest BCUT2D eigenvalue weighted by molar-refractivity contribution is 6.31. The lowest BCUT2D eigenvalue weighted by atomic mass is 9.95. The van der Waals surface area contributed by atoms with Crippen molar-refractivity contribution in [3.63, 3.8) is 0 Å². The van der Waals surface area contributed by atoms with Crippen LogP contribution in [0.2, 0.25) is 5.02 Å². The molecule has 0 unspecified atom stereocenters. The number of carboxylic acid groups (broad SMARTS) is 1. The fourth-order valence-electron chi connectivity index (χ4n) is 4.39. The first kappa shape index (κ1) is 26.6. The van der Waals surface area contributed by atoms with Gasteiger partial charge in [-0.25, -0.2) is 14.2 Å². The highest BCUT2D eigenvalue weighted by Gasteiger charge is 2.38. The summed E-state index contributed by atoms with van der Waals surface area (Å²) in [6.45, 7) is 2.89. The van der Waals surface area contributed by atoms with Gasteiger partial charge in [-0.05, 0) is 74.3 Å². The van der Waals surface area contributed by atoms with Gasteiger partial charge in [0.05, 0.1) is 10.9 Å². The van der Waals surface area contributed by atoms with Crippen LogP contribution < -0.4 is 5.56 Å². The molecule has 0 aliphatic carbocycles. The van der Waals surface area contributed by atoms with E-state index in [1.165, 1.54) is 23.1 Å². The van der Waals surface area contributed by atoms with Crippen LogP contribution in [0, 0.1) is 5.82 Å². The summed E-state index contributed by atoms with van der Waals surface area (Å²) in [5.41, 5.74) is 2.67. The number of carboxylic acids is 1. The number of carbonyl (C=O) groups is 1. The Labute approximate surface area is 213 Å². The number of nitrogens with one attached hydrogen (secondary N) is 2. The van der Waals surface area contributed by atoms with E-state index in [0.717, 1.165) is 49.4 Å². The van der Waals surface area contributed by atoms with E-state index < -0.39 is 18.0 Å². The van der Waals surface area contributed by atoms with Crippen molar-refractivity contribution in [2.24, 2.45) is 0 Å². The van der Waals surface area contributed by atoms with Gasteiger partial charge in [0.25, 0.3) is 5.56 Å². The van der Waals surface area contributed by atoms with Crippen LogP contribution in [0.25, 0.3) is 21.8 Å². The van der Waals surface area contributed by atoms with Crippen molar-refractivity contribution in [2.45, 2.75) is 31.4 Å². The molecular formula is C25H23ClF4N4O3. The van der Waals surface area contributed by atoms with Crippen molar-refractivity contribution < 1.29 is 27.5 Å². The van der Waals surface area contributed by atoms with E-state index in [1.807, 2.05) is 18.2 Å². The van der Waals surface area contributed by atoms with E-state index in [-0.39, 0.29) is 11.5 Å². The summed E-state index contributed by atoms with van der Waals surface area (Å²) in [6.07, 6.45) is -0.174. The van der Waals surface area contributed by atoms with Gasteiger partial charge in [-0.3, -0.25) is 4.79 Å². The molecule has 7 nitrogen and oxygen atoms in total. The average Bonchev–Trinajstić information content (AvgIpc) is 3.25. The third kappa shape index (κ3) is 6.47. The number of piperidine rings is 1. The zero-order valence-electron chi connectivity index (χ0n) is 19.4.